The molecular weight excluding hydrogens is 382 g/mol. The number of aryl methyl sites for hydroxylation is 3. The summed E-state index contributed by atoms with van der Waals surface area (Å²) >= 11 is 7.53. The molecule has 0 aliphatic heterocycles. The standard InChI is InChI=1S/C19H16ClN5OS/c1-11-6-4-5-7-15(11)23-19-24-17(20)16(27-19)10-22-25-13(3)8-12(2)14(9-21)18(25)26/h4-8,10H,1-3H3,(H,23,24)/b22-10+. The second kappa shape index (κ2) is 7.74. The number of hydrogen-bond donors (Lipinski definition) is 1. The van der Waals surface area contributed by atoms with Gasteiger partial charge in [0.1, 0.15) is 11.6 Å². The zero-order valence-corrected chi connectivity index (χ0v) is 16.5. The number of para-hydroxylation sites is 1. The summed E-state index contributed by atoms with van der Waals surface area (Å²) in [6.07, 6.45) is 1.48. The molecule has 1 N–H and O–H groups in total. The summed E-state index contributed by atoms with van der Waals surface area (Å²) in [6, 6.07) is 11.5. The molecule has 0 bridgehead atoms. The van der Waals surface area contributed by atoms with Gasteiger partial charge in [0.25, 0.3) is 5.56 Å². The maximum atomic E-state index is 12.4. The molecule has 27 heavy (non-hydrogen) atoms. The molecule has 0 radical (unpaired) electrons. The van der Waals surface area contributed by atoms with Crippen LogP contribution in [0, 0.1) is 32.1 Å². The molecule has 3 rings (SSSR count). The fourth-order valence-corrected chi connectivity index (χ4v) is 3.58. The number of anilines is 2. The molecule has 136 valence electrons. The van der Waals surface area contributed by atoms with E-state index in [2.05, 4.69) is 15.4 Å². The van der Waals surface area contributed by atoms with Crippen LogP contribution in [0.2, 0.25) is 5.15 Å². The first-order chi connectivity index (χ1) is 12.9. The number of nitrogens with zero attached hydrogens (tertiary/aromatic N) is 4. The minimum absolute atomic E-state index is 0.0788. The van der Waals surface area contributed by atoms with E-state index in [9.17, 15) is 4.79 Å². The van der Waals surface area contributed by atoms with Gasteiger partial charge in [-0.1, -0.05) is 41.1 Å². The Morgan fingerprint density at radius 3 is 2.74 bits per heavy atom. The van der Waals surface area contributed by atoms with E-state index >= 15 is 0 Å². The molecule has 8 heteroatoms. The highest BCUT2D eigenvalue weighted by atomic mass is 35.5. The molecule has 0 saturated carbocycles. The highest BCUT2D eigenvalue weighted by Crippen LogP contribution is 2.29. The van der Waals surface area contributed by atoms with Crippen molar-refractivity contribution in [2.45, 2.75) is 20.8 Å². The molecule has 0 aliphatic rings. The number of thiazole rings is 1. The van der Waals surface area contributed by atoms with Crippen LogP contribution in [0.5, 0.6) is 0 Å². The summed E-state index contributed by atoms with van der Waals surface area (Å²) in [4.78, 5) is 17.3. The molecule has 0 amide bonds. The molecule has 2 aromatic heterocycles. The summed E-state index contributed by atoms with van der Waals surface area (Å²) in [5.41, 5.74) is 2.92. The number of halogens is 1. The van der Waals surface area contributed by atoms with Crippen LogP contribution in [0.25, 0.3) is 0 Å². The predicted octanol–water partition coefficient (Wildman–Crippen LogP) is 4.38. The smallest absolute Gasteiger partial charge is 0.289 e. The number of hydrogen-bond acceptors (Lipinski definition) is 6. The molecule has 0 aliphatic carbocycles. The number of nitrogens with one attached hydrogen (secondary N) is 1. The first-order valence-corrected chi connectivity index (χ1v) is 9.27. The molecule has 6 nitrogen and oxygen atoms in total. The van der Waals surface area contributed by atoms with Crippen molar-refractivity contribution >= 4 is 40.0 Å². The van der Waals surface area contributed by atoms with Crippen molar-refractivity contribution in [2.24, 2.45) is 5.10 Å². The van der Waals surface area contributed by atoms with E-state index in [1.807, 2.05) is 37.3 Å². The van der Waals surface area contributed by atoms with Gasteiger partial charge in [0, 0.05) is 11.4 Å². The maximum absolute atomic E-state index is 12.4. The van der Waals surface area contributed by atoms with Gasteiger partial charge < -0.3 is 5.32 Å². The number of aromatic nitrogens is 2. The van der Waals surface area contributed by atoms with Crippen LogP contribution >= 0.6 is 22.9 Å². The van der Waals surface area contributed by atoms with E-state index in [1.165, 1.54) is 22.2 Å². The van der Waals surface area contributed by atoms with Gasteiger partial charge in [0.05, 0.1) is 11.1 Å². The minimum atomic E-state index is -0.454. The Morgan fingerprint density at radius 1 is 1.30 bits per heavy atom. The number of nitriles is 1. The van der Waals surface area contributed by atoms with Gasteiger partial charge in [-0.05, 0) is 44.0 Å². The predicted molar refractivity (Wildman–Crippen MR) is 109 cm³/mol. The Hall–Kier alpha value is -2.95. The summed E-state index contributed by atoms with van der Waals surface area (Å²) in [5.74, 6) is 0. The summed E-state index contributed by atoms with van der Waals surface area (Å²) < 4.78 is 1.19. The summed E-state index contributed by atoms with van der Waals surface area (Å²) in [7, 11) is 0. The monoisotopic (exact) mass is 397 g/mol. The van der Waals surface area contributed by atoms with Crippen LogP contribution in [-0.2, 0) is 0 Å². The lowest BCUT2D eigenvalue weighted by molar-refractivity contribution is 0.787. The Bertz CT molecular complexity index is 1140. The Balaban J connectivity index is 1.92. The first-order valence-electron chi connectivity index (χ1n) is 8.07. The third kappa shape index (κ3) is 3.92. The Morgan fingerprint density at radius 2 is 2.04 bits per heavy atom. The van der Waals surface area contributed by atoms with E-state index in [-0.39, 0.29) is 10.7 Å². The summed E-state index contributed by atoms with van der Waals surface area (Å²) in [5, 5.41) is 17.5. The van der Waals surface area contributed by atoms with Gasteiger partial charge in [-0.3, -0.25) is 4.79 Å². The molecule has 2 heterocycles. The average Bonchev–Trinajstić information content (AvgIpc) is 2.96. The van der Waals surface area contributed by atoms with Gasteiger partial charge >= 0.3 is 0 Å². The van der Waals surface area contributed by atoms with Crippen LogP contribution < -0.4 is 10.9 Å². The second-order valence-electron chi connectivity index (χ2n) is 5.93. The number of rotatable bonds is 4. The molecule has 0 spiro atoms. The van der Waals surface area contributed by atoms with Crippen molar-refractivity contribution in [3.8, 4) is 6.07 Å². The molecule has 0 fully saturated rings. The van der Waals surface area contributed by atoms with E-state index < -0.39 is 5.56 Å². The lowest BCUT2D eigenvalue weighted by Gasteiger charge is -2.05. The van der Waals surface area contributed by atoms with Crippen LogP contribution in [0.3, 0.4) is 0 Å². The van der Waals surface area contributed by atoms with Crippen LogP contribution in [0.15, 0.2) is 40.2 Å². The molecule has 1 aromatic carbocycles. The first kappa shape index (κ1) is 18.8. The van der Waals surface area contributed by atoms with Gasteiger partial charge in [0.2, 0.25) is 0 Å². The molecule has 0 atom stereocenters. The van der Waals surface area contributed by atoms with Crippen LogP contribution in [0.1, 0.15) is 27.3 Å². The zero-order chi connectivity index (χ0) is 19.6. The van der Waals surface area contributed by atoms with E-state index in [0.717, 1.165) is 11.3 Å². The fraction of sp³-hybridized carbons (Fsp3) is 0.158. The number of benzene rings is 1. The normalized spacial score (nSPS) is 10.9. The zero-order valence-electron chi connectivity index (χ0n) is 14.9. The third-order valence-electron chi connectivity index (χ3n) is 3.96. The van der Waals surface area contributed by atoms with Crippen molar-refractivity contribution in [2.75, 3.05) is 5.32 Å². The average molecular weight is 398 g/mol. The molecule has 0 unspecified atom stereocenters. The highest BCUT2D eigenvalue weighted by Gasteiger charge is 2.11. The summed E-state index contributed by atoms with van der Waals surface area (Å²) in [6.45, 7) is 5.48. The van der Waals surface area contributed by atoms with Crippen molar-refractivity contribution < 1.29 is 0 Å². The maximum Gasteiger partial charge on any atom is 0.289 e. The number of pyridine rings is 1. The van der Waals surface area contributed by atoms with Crippen LogP contribution in [-0.4, -0.2) is 15.9 Å². The minimum Gasteiger partial charge on any atom is -0.331 e. The van der Waals surface area contributed by atoms with Crippen LogP contribution in [0.4, 0.5) is 10.8 Å². The van der Waals surface area contributed by atoms with Gasteiger partial charge in [0.15, 0.2) is 10.3 Å². The van der Waals surface area contributed by atoms with E-state index in [1.54, 1.807) is 19.9 Å². The molecular formula is C19H16ClN5OS. The molecule has 0 saturated heterocycles. The van der Waals surface area contributed by atoms with Gasteiger partial charge in [-0.15, -0.1) is 0 Å². The third-order valence-corrected chi connectivity index (χ3v) is 5.26. The lowest BCUT2D eigenvalue weighted by atomic mass is 10.1. The topological polar surface area (TPSA) is 83.1 Å². The largest absolute Gasteiger partial charge is 0.331 e. The second-order valence-corrected chi connectivity index (χ2v) is 7.32. The van der Waals surface area contributed by atoms with Gasteiger partial charge in [-0.25, -0.2) is 9.66 Å². The lowest BCUT2D eigenvalue weighted by Crippen LogP contribution is -2.22. The van der Waals surface area contributed by atoms with Crippen molar-refractivity contribution in [3.63, 3.8) is 0 Å². The van der Waals surface area contributed by atoms with Crippen molar-refractivity contribution in [1.29, 1.82) is 5.26 Å². The quantitative estimate of drug-likeness (QED) is 0.662. The SMILES string of the molecule is Cc1ccccc1Nc1nc(Cl)c(/C=N/n2c(C)cc(C)c(C#N)c2=O)s1. The Kier molecular flexibility index (Phi) is 5.40. The van der Waals surface area contributed by atoms with E-state index in [0.29, 0.717) is 21.3 Å². The van der Waals surface area contributed by atoms with Crippen molar-refractivity contribution in [3.05, 3.63) is 73.1 Å². The van der Waals surface area contributed by atoms with E-state index in [4.69, 9.17) is 16.9 Å². The Labute approximate surface area is 165 Å². The van der Waals surface area contributed by atoms with Gasteiger partial charge in [-0.2, -0.15) is 10.4 Å². The fourth-order valence-electron chi connectivity index (χ4n) is 2.55. The molecule has 3 aromatic rings. The highest BCUT2D eigenvalue weighted by molar-refractivity contribution is 7.17. The van der Waals surface area contributed by atoms with Crippen molar-refractivity contribution in [1.82, 2.24) is 9.66 Å².